The lowest BCUT2D eigenvalue weighted by Crippen LogP contribution is -2.41. The first-order chi connectivity index (χ1) is 7.56. The summed E-state index contributed by atoms with van der Waals surface area (Å²) in [6.45, 7) is 4.43. The summed E-state index contributed by atoms with van der Waals surface area (Å²) in [5, 5.41) is 8.95. The molecule has 2 aliphatic rings. The van der Waals surface area contributed by atoms with Crippen LogP contribution in [-0.2, 0) is 4.79 Å². The highest BCUT2D eigenvalue weighted by Gasteiger charge is 2.34. The Labute approximate surface area is 97.2 Å². The molecule has 2 rings (SSSR count). The predicted molar refractivity (Wildman–Crippen MR) is 62.4 cm³/mol. The number of rotatable bonds is 5. The number of nitrogens with zero attached hydrogens (tertiary/aromatic N) is 2. The van der Waals surface area contributed by atoms with Crippen LogP contribution in [-0.4, -0.2) is 59.6 Å². The smallest absolute Gasteiger partial charge is 0.317 e. The molecule has 2 fully saturated rings. The first kappa shape index (κ1) is 11.9. The number of hydrogen-bond donors (Lipinski definition) is 1. The van der Waals surface area contributed by atoms with Gasteiger partial charge in [-0.2, -0.15) is 0 Å². The number of carboxylic acids is 1. The van der Waals surface area contributed by atoms with Gasteiger partial charge in [0, 0.05) is 25.2 Å². The van der Waals surface area contributed by atoms with Crippen LogP contribution in [0.5, 0.6) is 0 Å². The molecule has 16 heavy (non-hydrogen) atoms. The summed E-state index contributed by atoms with van der Waals surface area (Å²) < 4.78 is 0. The Bertz CT molecular complexity index is 256. The molecular weight excluding hydrogens is 204 g/mol. The molecule has 0 amide bonds. The highest BCUT2D eigenvalue weighted by molar-refractivity contribution is 5.69. The number of hydrogen-bond acceptors (Lipinski definition) is 3. The Kier molecular flexibility index (Phi) is 3.50. The van der Waals surface area contributed by atoms with Crippen molar-refractivity contribution in [2.24, 2.45) is 5.92 Å². The monoisotopic (exact) mass is 226 g/mol. The molecule has 1 N–H and O–H groups in total. The minimum Gasteiger partial charge on any atom is -0.480 e. The fourth-order valence-electron chi connectivity index (χ4n) is 2.57. The average Bonchev–Trinajstić information content (AvgIpc) is 2.93. The van der Waals surface area contributed by atoms with E-state index in [9.17, 15) is 4.79 Å². The third kappa shape index (κ3) is 2.95. The van der Waals surface area contributed by atoms with Gasteiger partial charge in [0.05, 0.1) is 6.54 Å². The lowest BCUT2D eigenvalue weighted by atomic mass is 10.1. The first-order valence-electron chi connectivity index (χ1n) is 6.22. The Morgan fingerprint density at radius 3 is 2.62 bits per heavy atom. The summed E-state index contributed by atoms with van der Waals surface area (Å²) in [7, 11) is 2.13. The van der Waals surface area contributed by atoms with Crippen LogP contribution >= 0.6 is 0 Å². The molecule has 0 radical (unpaired) electrons. The summed E-state index contributed by atoms with van der Waals surface area (Å²) in [4.78, 5) is 15.4. The molecule has 0 aromatic heterocycles. The van der Waals surface area contributed by atoms with Crippen LogP contribution < -0.4 is 0 Å². The van der Waals surface area contributed by atoms with E-state index in [2.05, 4.69) is 23.8 Å². The standard InChI is InChI=1S/C12H22N2O2/c1-9-5-11(7-13(9)2)14(8-12(15)16)6-10-3-4-10/h9-11H,3-8H2,1-2H3,(H,15,16). The number of likely N-dealkylation sites (N-methyl/N-ethyl adjacent to an activating group) is 1. The highest BCUT2D eigenvalue weighted by atomic mass is 16.4. The summed E-state index contributed by atoms with van der Waals surface area (Å²) in [5.74, 6) is 0.0726. The molecule has 0 bridgehead atoms. The second-order valence-electron chi connectivity index (χ2n) is 5.44. The van der Waals surface area contributed by atoms with Crippen molar-refractivity contribution in [3.05, 3.63) is 0 Å². The molecule has 2 atom stereocenters. The van der Waals surface area contributed by atoms with E-state index in [0.717, 1.165) is 25.4 Å². The van der Waals surface area contributed by atoms with Gasteiger partial charge < -0.3 is 10.0 Å². The molecule has 1 aliphatic heterocycles. The van der Waals surface area contributed by atoms with E-state index in [4.69, 9.17) is 5.11 Å². The van der Waals surface area contributed by atoms with Crippen molar-refractivity contribution in [3.63, 3.8) is 0 Å². The lowest BCUT2D eigenvalue weighted by molar-refractivity contribution is -0.138. The molecule has 4 nitrogen and oxygen atoms in total. The maximum absolute atomic E-state index is 10.9. The van der Waals surface area contributed by atoms with Gasteiger partial charge in [0.1, 0.15) is 0 Å². The number of aliphatic carboxylic acids is 1. The zero-order valence-corrected chi connectivity index (χ0v) is 10.2. The number of carboxylic acid groups (broad SMARTS) is 1. The predicted octanol–water partition coefficient (Wildman–Crippen LogP) is 0.876. The molecule has 1 saturated carbocycles. The van der Waals surface area contributed by atoms with Crippen molar-refractivity contribution in [1.29, 1.82) is 0 Å². The Hall–Kier alpha value is -0.610. The van der Waals surface area contributed by atoms with Gasteiger partial charge in [-0.05, 0) is 39.2 Å². The van der Waals surface area contributed by atoms with Crippen molar-refractivity contribution >= 4 is 5.97 Å². The topological polar surface area (TPSA) is 43.8 Å². The molecule has 0 spiro atoms. The Morgan fingerprint density at radius 2 is 2.19 bits per heavy atom. The third-order valence-corrected chi connectivity index (χ3v) is 3.91. The molecule has 92 valence electrons. The van der Waals surface area contributed by atoms with E-state index >= 15 is 0 Å². The van der Waals surface area contributed by atoms with E-state index < -0.39 is 5.97 Å². The zero-order chi connectivity index (χ0) is 11.7. The van der Waals surface area contributed by atoms with E-state index in [1.165, 1.54) is 12.8 Å². The van der Waals surface area contributed by atoms with Gasteiger partial charge in [-0.15, -0.1) is 0 Å². The second kappa shape index (κ2) is 4.72. The summed E-state index contributed by atoms with van der Waals surface area (Å²) >= 11 is 0. The fourth-order valence-corrected chi connectivity index (χ4v) is 2.57. The van der Waals surface area contributed by atoms with E-state index in [1.54, 1.807) is 0 Å². The first-order valence-corrected chi connectivity index (χ1v) is 6.22. The molecule has 1 heterocycles. The molecule has 1 saturated heterocycles. The zero-order valence-electron chi connectivity index (χ0n) is 10.2. The van der Waals surface area contributed by atoms with Gasteiger partial charge in [-0.25, -0.2) is 0 Å². The molecule has 1 aliphatic carbocycles. The second-order valence-corrected chi connectivity index (χ2v) is 5.44. The summed E-state index contributed by atoms with van der Waals surface area (Å²) in [5.41, 5.74) is 0. The van der Waals surface area contributed by atoms with Gasteiger partial charge in [0.25, 0.3) is 0 Å². The van der Waals surface area contributed by atoms with Gasteiger partial charge in [-0.3, -0.25) is 9.69 Å². The van der Waals surface area contributed by atoms with Crippen LogP contribution in [0.15, 0.2) is 0 Å². The molecule has 4 heteroatoms. The number of likely N-dealkylation sites (tertiary alicyclic amines) is 1. The van der Waals surface area contributed by atoms with Crippen LogP contribution in [0.3, 0.4) is 0 Å². The number of carbonyl (C=O) groups is 1. The van der Waals surface area contributed by atoms with Crippen molar-refractivity contribution < 1.29 is 9.90 Å². The van der Waals surface area contributed by atoms with Gasteiger partial charge in [0.15, 0.2) is 0 Å². The van der Waals surface area contributed by atoms with Crippen LogP contribution in [0.4, 0.5) is 0 Å². The third-order valence-electron chi connectivity index (χ3n) is 3.91. The lowest BCUT2D eigenvalue weighted by Gasteiger charge is -2.27. The minimum absolute atomic E-state index is 0.210. The average molecular weight is 226 g/mol. The van der Waals surface area contributed by atoms with Crippen LogP contribution in [0.1, 0.15) is 26.2 Å². The van der Waals surface area contributed by atoms with Gasteiger partial charge >= 0.3 is 5.97 Å². The Morgan fingerprint density at radius 1 is 1.50 bits per heavy atom. The van der Waals surface area contributed by atoms with Crippen molar-refractivity contribution in [3.8, 4) is 0 Å². The fraction of sp³-hybridized carbons (Fsp3) is 0.917. The van der Waals surface area contributed by atoms with E-state index in [-0.39, 0.29) is 6.54 Å². The quantitative estimate of drug-likeness (QED) is 0.755. The van der Waals surface area contributed by atoms with E-state index in [0.29, 0.717) is 12.1 Å². The molecular formula is C12H22N2O2. The van der Waals surface area contributed by atoms with Crippen LogP contribution in [0, 0.1) is 5.92 Å². The van der Waals surface area contributed by atoms with Crippen LogP contribution in [0.2, 0.25) is 0 Å². The minimum atomic E-state index is -0.692. The van der Waals surface area contributed by atoms with Crippen molar-refractivity contribution in [2.45, 2.75) is 38.3 Å². The summed E-state index contributed by atoms with van der Waals surface area (Å²) in [6.07, 6.45) is 3.68. The van der Waals surface area contributed by atoms with Crippen molar-refractivity contribution in [2.75, 3.05) is 26.7 Å². The molecule has 2 unspecified atom stereocenters. The SMILES string of the molecule is CC1CC(N(CC(=O)O)CC2CC2)CN1C. The van der Waals surface area contributed by atoms with Gasteiger partial charge in [-0.1, -0.05) is 0 Å². The molecule has 0 aromatic rings. The van der Waals surface area contributed by atoms with E-state index in [1.807, 2.05) is 0 Å². The molecule has 0 aromatic carbocycles. The maximum atomic E-state index is 10.9. The largest absolute Gasteiger partial charge is 0.480 e. The summed E-state index contributed by atoms with van der Waals surface area (Å²) in [6, 6.07) is 1.03. The van der Waals surface area contributed by atoms with Gasteiger partial charge in [0.2, 0.25) is 0 Å². The van der Waals surface area contributed by atoms with Crippen molar-refractivity contribution in [1.82, 2.24) is 9.80 Å². The highest BCUT2D eigenvalue weighted by Crippen LogP contribution is 2.31. The van der Waals surface area contributed by atoms with Crippen LogP contribution in [0.25, 0.3) is 0 Å². The maximum Gasteiger partial charge on any atom is 0.317 e. The normalized spacial score (nSPS) is 31.2. The Balaban J connectivity index is 1.91.